The zero-order valence-corrected chi connectivity index (χ0v) is 8.91. The molecule has 0 aliphatic carbocycles. The second-order valence-electron chi connectivity index (χ2n) is 3.76. The molecule has 0 fully saturated rings. The molecule has 98 valence electrons. The van der Waals surface area contributed by atoms with Gasteiger partial charge in [0.15, 0.2) is 5.82 Å². The number of halogens is 3. The lowest BCUT2D eigenvalue weighted by atomic mass is 10.0. The van der Waals surface area contributed by atoms with Crippen LogP contribution in [0.2, 0.25) is 0 Å². The molecule has 2 heterocycles. The number of carbonyl (C=O) groups is 2. The van der Waals surface area contributed by atoms with Crippen molar-refractivity contribution in [1.82, 2.24) is 10.2 Å². The zero-order valence-electron chi connectivity index (χ0n) is 8.91. The highest BCUT2D eigenvalue weighted by Gasteiger charge is 2.45. The molecule has 1 aromatic rings. The van der Waals surface area contributed by atoms with Gasteiger partial charge in [0.25, 0.3) is 0 Å². The molecule has 6 nitrogen and oxygen atoms in total. The molecule has 0 radical (unpaired) electrons. The molecular weight excluding hydrogens is 255 g/mol. The third-order valence-corrected chi connectivity index (χ3v) is 2.61. The lowest BCUT2D eigenvalue weighted by molar-refractivity contribution is -0.170. The average Bonchev–Trinajstić information content (AvgIpc) is 2.70. The Bertz CT molecular complexity index is 509. The van der Waals surface area contributed by atoms with Crippen molar-refractivity contribution in [3.8, 4) is 0 Å². The van der Waals surface area contributed by atoms with Crippen LogP contribution in [0.15, 0.2) is 0 Å². The maximum absolute atomic E-state index is 12.3. The van der Waals surface area contributed by atoms with Gasteiger partial charge in [-0.1, -0.05) is 0 Å². The predicted molar refractivity (Wildman–Crippen MR) is 52.3 cm³/mol. The van der Waals surface area contributed by atoms with Crippen molar-refractivity contribution in [2.45, 2.75) is 19.0 Å². The third kappa shape index (κ3) is 1.91. The number of amides is 1. The number of anilines is 1. The number of nitrogens with one attached hydrogen (secondary N) is 1. The van der Waals surface area contributed by atoms with Crippen LogP contribution in [0, 0.1) is 0 Å². The number of hydrogen-bond acceptors (Lipinski definition) is 3. The predicted octanol–water partition coefficient (Wildman–Crippen LogP) is 0.949. The van der Waals surface area contributed by atoms with E-state index in [1.54, 1.807) is 0 Å². The van der Waals surface area contributed by atoms with Gasteiger partial charge < -0.3 is 5.11 Å². The summed E-state index contributed by atoms with van der Waals surface area (Å²) >= 11 is 0. The Morgan fingerprint density at radius 3 is 2.61 bits per heavy atom. The van der Waals surface area contributed by atoms with Crippen LogP contribution in [0.25, 0.3) is 0 Å². The van der Waals surface area contributed by atoms with E-state index in [0.717, 1.165) is 0 Å². The fourth-order valence-electron chi connectivity index (χ4n) is 1.86. The lowest BCUT2D eigenvalue weighted by Crippen LogP contribution is -2.44. The van der Waals surface area contributed by atoms with Crippen LogP contribution in [0.1, 0.15) is 22.5 Å². The molecule has 18 heavy (non-hydrogen) atoms. The van der Waals surface area contributed by atoms with Gasteiger partial charge in [0.1, 0.15) is 5.69 Å². The fraction of sp³-hybridized carbons (Fsp3) is 0.444. The molecule has 1 aromatic heterocycles. The monoisotopic (exact) mass is 263 g/mol. The summed E-state index contributed by atoms with van der Waals surface area (Å²) in [6.07, 6.45) is -4.47. The van der Waals surface area contributed by atoms with Crippen molar-refractivity contribution < 1.29 is 27.9 Å². The lowest BCUT2D eigenvalue weighted by Gasteiger charge is -2.26. The van der Waals surface area contributed by atoms with Gasteiger partial charge in [-0.2, -0.15) is 18.3 Å². The van der Waals surface area contributed by atoms with Crippen molar-refractivity contribution in [3.63, 3.8) is 0 Å². The maximum Gasteiger partial charge on any atom is 0.471 e. The van der Waals surface area contributed by atoms with E-state index in [1.165, 1.54) is 0 Å². The first kappa shape index (κ1) is 12.4. The number of hydrogen-bond donors (Lipinski definition) is 2. The molecule has 2 N–H and O–H groups in total. The van der Waals surface area contributed by atoms with Crippen molar-refractivity contribution in [2.24, 2.45) is 0 Å². The topological polar surface area (TPSA) is 86.3 Å². The SMILES string of the molecule is O=C(O)c1[nH]nc2c1CCCN2C(=O)C(F)(F)F. The number of alkyl halides is 3. The number of nitrogens with zero attached hydrogens (tertiary/aromatic N) is 2. The number of carboxylic acid groups (broad SMARTS) is 1. The zero-order chi connectivity index (χ0) is 13.5. The van der Waals surface area contributed by atoms with Crippen molar-refractivity contribution in [2.75, 3.05) is 11.4 Å². The molecular formula is C9H8F3N3O3. The first-order valence-electron chi connectivity index (χ1n) is 5.01. The Kier molecular flexibility index (Phi) is 2.76. The van der Waals surface area contributed by atoms with Crippen LogP contribution in [-0.4, -0.2) is 39.9 Å². The number of H-pyrrole nitrogens is 1. The molecule has 9 heteroatoms. The smallest absolute Gasteiger partial charge is 0.471 e. The van der Waals surface area contributed by atoms with E-state index < -0.39 is 18.1 Å². The van der Waals surface area contributed by atoms with E-state index in [2.05, 4.69) is 10.2 Å². The van der Waals surface area contributed by atoms with E-state index in [4.69, 9.17) is 5.11 Å². The first-order valence-corrected chi connectivity index (χ1v) is 5.01. The minimum atomic E-state index is -5.00. The molecule has 0 spiro atoms. The maximum atomic E-state index is 12.3. The molecule has 0 unspecified atom stereocenters. The Labute approximate surface area is 98.4 Å². The Morgan fingerprint density at radius 1 is 1.39 bits per heavy atom. The number of aromatic amines is 1. The molecule has 0 bridgehead atoms. The average molecular weight is 263 g/mol. The van der Waals surface area contributed by atoms with Crippen LogP contribution in [-0.2, 0) is 11.2 Å². The highest BCUT2D eigenvalue weighted by atomic mass is 19.4. The summed E-state index contributed by atoms with van der Waals surface area (Å²) in [5.74, 6) is -3.60. The number of carboxylic acids is 1. The first-order chi connectivity index (χ1) is 8.32. The normalized spacial score (nSPS) is 15.4. The number of carbonyl (C=O) groups excluding carboxylic acids is 1. The largest absolute Gasteiger partial charge is 0.477 e. The second-order valence-corrected chi connectivity index (χ2v) is 3.76. The number of aromatic nitrogens is 2. The van der Waals surface area contributed by atoms with Gasteiger partial charge in [0.2, 0.25) is 0 Å². The third-order valence-electron chi connectivity index (χ3n) is 2.61. The van der Waals surface area contributed by atoms with Gasteiger partial charge >= 0.3 is 18.1 Å². The van der Waals surface area contributed by atoms with Crippen molar-refractivity contribution in [3.05, 3.63) is 11.3 Å². The summed E-state index contributed by atoms with van der Waals surface area (Å²) in [6, 6.07) is 0. The van der Waals surface area contributed by atoms with Gasteiger partial charge in [-0.25, -0.2) is 4.79 Å². The van der Waals surface area contributed by atoms with E-state index in [0.29, 0.717) is 4.90 Å². The van der Waals surface area contributed by atoms with Crippen LogP contribution in [0.4, 0.5) is 19.0 Å². The molecule has 0 saturated heterocycles. The van der Waals surface area contributed by atoms with E-state index in [1.807, 2.05) is 0 Å². The Morgan fingerprint density at radius 2 is 2.06 bits per heavy atom. The highest BCUT2D eigenvalue weighted by molar-refractivity contribution is 5.99. The van der Waals surface area contributed by atoms with Crippen molar-refractivity contribution >= 4 is 17.7 Å². The van der Waals surface area contributed by atoms with Gasteiger partial charge in [0, 0.05) is 12.1 Å². The van der Waals surface area contributed by atoms with Crippen LogP contribution >= 0.6 is 0 Å². The molecule has 0 aromatic carbocycles. The van der Waals surface area contributed by atoms with Crippen molar-refractivity contribution in [1.29, 1.82) is 0 Å². The van der Waals surface area contributed by atoms with Gasteiger partial charge in [-0.3, -0.25) is 14.8 Å². The van der Waals surface area contributed by atoms with Gasteiger partial charge in [0.05, 0.1) is 0 Å². The summed E-state index contributed by atoms with van der Waals surface area (Å²) in [7, 11) is 0. The van der Waals surface area contributed by atoms with E-state index in [9.17, 15) is 22.8 Å². The van der Waals surface area contributed by atoms with Crippen LogP contribution in [0.5, 0.6) is 0 Å². The Hall–Kier alpha value is -2.06. The minimum absolute atomic E-state index is 0.130. The molecule has 1 amide bonds. The summed E-state index contributed by atoms with van der Waals surface area (Å²) in [4.78, 5) is 22.4. The summed E-state index contributed by atoms with van der Waals surface area (Å²) in [5, 5.41) is 14.5. The number of fused-ring (bicyclic) bond motifs is 1. The summed E-state index contributed by atoms with van der Waals surface area (Å²) in [5.41, 5.74) is -0.143. The molecule has 2 rings (SSSR count). The number of aromatic carboxylic acids is 1. The fourth-order valence-corrected chi connectivity index (χ4v) is 1.86. The molecule has 0 saturated carbocycles. The van der Waals surface area contributed by atoms with E-state index in [-0.39, 0.29) is 36.5 Å². The molecule has 1 aliphatic rings. The van der Waals surface area contributed by atoms with Crippen LogP contribution in [0.3, 0.4) is 0 Å². The number of rotatable bonds is 1. The minimum Gasteiger partial charge on any atom is -0.477 e. The summed E-state index contributed by atoms with van der Waals surface area (Å²) < 4.78 is 37.0. The van der Waals surface area contributed by atoms with Gasteiger partial charge in [-0.15, -0.1) is 0 Å². The molecule has 0 atom stereocenters. The second kappa shape index (κ2) is 4.00. The summed E-state index contributed by atoms with van der Waals surface area (Å²) in [6.45, 7) is -0.130. The quantitative estimate of drug-likeness (QED) is 0.789. The van der Waals surface area contributed by atoms with Crippen LogP contribution < -0.4 is 4.90 Å². The molecule has 1 aliphatic heterocycles. The Balaban J connectivity index is 2.41. The van der Waals surface area contributed by atoms with Gasteiger partial charge in [-0.05, 0) is 12.8 Å². The highest BCUT2D eigenvalue weighted by Crippen LogP contribution is 2.31. The van der Waals surface area contributed by atoms with E-state index >= 15 is 0 Å². The standard InChI is InChI=1S/C9H8F3N3O3/c10-9(11,12)8(18)15-3-1-2-4-5(7(16)17)13-14-6(4)15/h1-3H2,(H,13,14)(H,16,17).